The van der Waals surface area contributed by atoms with Gasteiger partial charge < -0.3 is 14.6 Å². The Hall–Kier alpha value is -2.16. The van der Waals surface area contributed by atoms with Crippen LogP contribution in [-0.4, -0.2) is 28.9 Å². The van der Waals surface area contributed by atoms with Gasteiger partial charge in [-0.3, -0.25) is 9.78 Å². The van der Waals surface area contributed by atoms with E-state index in [1.165, 1.54) is 6.07 Å². The van der Waals surface area contributed by atoms with E-state index in [9.17, 15) is 9.18 Å². The molecule has 0 radical (unpaired) electrons. The molecule has 0 saturated carbocycles. The predicted octanol–water partition coefficient (Wildman–Crippen LogP) is 4.55. The van der Waals surface area contributed by atoms with Gasteiger partial charge in [0.05, 0.1) is 11.1 Å². The average Bonchev–Trinajstić information content (AvgIpc) is 3.25. The number of hydrogen-bond donors (Lipinski definition) is 1. The number of carbonyl (C=O) groups is 1. The second kappa shape index (κ2) is 6.62. The topological polar surface area (TPSA) is 58.4 Å². The highest BCUT2D eigenvalue weighted by Gasteiger charge is 2.27. The Balaban J connectivity index is 1.80. The first kappa shape index (κ1) is 16.3. The molecule has 0 spiro atoms. The van der Waals surface area contributed by atoms with Gasteiger partial charge in [-0.15, -0.1) is 0 Å². The van der Waals surface area contributed by atoms with E-state index in [0.717, 1.165) is 16.4 Å². The summed E-state index contributed by atoms with van der Waals surface area (Å²) in [5.74, 6) is -0.366. The highest BCUT2D eigenvalue weighted by Crippen LogP contribution is 2.35. The monoisotopic (exact) mass is 451 g/mol. The number of carbonyl (C=O) groups excluding carboxylic acids is 1. The molecular weight excluding hydrogens is 436 g/mol. The first-order valence-electron chi connectivity index (χ1n) is 8.01. The van der Waals surface area contributed by atoms with Crippen LogP contribution in [0.25, 0.3) is 11.0 Å². The van der Waals surface area contributed by atoms with E-state index in [1.54, 1.807) is 35.5 Å². The molecule has 0 atom stereocenters. The number of nitrogens with zero attached hydrogens (tertiary/aromatic N) is 2. The molecule has 128 valence electrons. The van der Waals surface area contributed by atoms with Gasteiger partial charge in [-0.05, 0) is 59.7 Å². The molecule has 0 aliphatic carbocycles. The number of pyridine rings is 1. The minimum atomic E-state index is -0.385. The summed E-state index contributed by atoms with van der Waals surface area (Å²) in [6, 6.07) is 6.59. The van der Waals surface area contributed by atoms with Crippen molar-refractivity contribution in [2.75, 3.05) is 18.4 Å². The third-order valence-corrected chi connectivity index (χ3v) is 4.94. The molecule has 1 aliphatic heterocycles. The Morgan fingerprint density at radius 2 is 2.08 bits per heavy atom. The van der Waals surface area contributed by atoms with Crippen LogP contribution in [0.4, 0.5) is 15.8 Å². The Labute approximate surface area is 157 Å². The van der Waals surface area contributed by atoms with Gasteiger partial charge in [-0.1, -0.05) is 0 Å². The highest BCUT2D eigenvalue weighted by atomic mass is 127. The van der Waals surface area contributed by atoms with E-state index in [1.807, 2.05) is 0 Å². The van der Waals surface area contributed by atoms with E-state index in [-0.39, 0.29) is 17.5 Å². The lowest BCUT2D eigenvalue weighted by atomic mass is 10.2. The molecule has 1 saturated heterocycles. The molecule has 1 N–H and O–H groups in total. The summed E-state index contributed by atoms with van der Waals surface area (Å²) in [6.07, 6.45) is 5.20. The van der Waals surface area contributed by atoms with Crippen molar-refractivity contribution in [3.05, 3.63) is 51.8 Å². The van der Waals surface area contributed by atoms with Crippen molar-refractivity contribution in [3.8, 4) is 0 Å². The largest absolute Gasteiger partial charge is 0.448 e. The SMILES string of the molecule is O=C(c1oc2ccncc2c1Nc1ccc(I)cc1F)N1CCCC1. The lowest BCUT2D eigenvalue weighted by molar-refractivity contribution is 0.0765. The zero-order valence-corrected chi connectivity index (χ0v) is 15.4. The summed E-state index contributed by atoms with van der Waals surface area (Å²) in [5, 5.41) is 3.69. The zero-order chi connectivity index (χ0) is 17.4. The Morgan fingerprint density at radius 3 is 2.84 bits per heavy atom. The Morgan fingerprint density at radius 1 is 1.28 bits per heavy atom. The molecule has 7 heteroatoms. The molecule has 1 fully saturated rings. The molecule has 3 aromatic rings. The fourth-order valence-electron chi connectivity index (χ4n) is 3.01. The predicted molar refractivity (Wildman–Crippen MR) is 102 cm³/mol. The van der Waals surface area contributed by atoms with Gasteiger partial charge in [0, 0.05) is 29.1 Å². The van der Waals surface area contributed by atoms with Crippen LogP contribution in [0.5, 0.6) is 0 Å². The van der Waals surface area contributed by atoms with Gasteiger partial charge in [0.15, 0.2) is 0 Å². The molecule has 1 amide bonds. The first-order valence-corrected chi connectivity index (χ1v) is 9.09. The molecule has 1 aliphatic rings. The maximum atomic E-state index is 14.3. The molecule has 1 aromatic carbocycles. The first-order chi connectivity index (χ1) is 12.1. The van der Waals surface area contributed by atoms with Gasteiger partial charge >= 0.3 is 0 Å². The zero-order valence-electron chi connectivity index (χ0n) is 13.3. The summed E-state index contributed by atoms with van der Waals surface area (Å²) < 4.78 is 20.9. The van der Waals surface area contributed by atoms with Gasteiger partial charge in [-0.25, -0.2) is 4.39 Å². The molecule has 0 bridgehead atoms. The van der Waals surface area contributed by atoms with Crippen molar-refractivity contribution in [1.82, 2.24) is 9.88 Å². The lowest BCUT2D eigenvalue weighted by Crippen LogP contribution is -2.27. The second-order valence-corrected chi connectivity index (χ2v) is 7.17. The number of aromatic nitrogens is 1. The van der Waals surface area contributed by atoms with Gasteiger partial charge in [0.1, 0.15) is 17.1 Å². The van der Waals surface area contributed by atoms with Crippen molar-refractivity contribution in [3.63, 3.8) is 0 Å². The number of fused-ring (bicyclic) bond motifs is 1. The molecule has 4 rings (SSSR count). The van der Waals surface area contributed by atoms with E-state index in [2.05, 4.69) is 32.9 Å². The van der Waals surface area contributed by atoms with E-state index < -0.39 is 0 Å². The number of furan rings is 1. The maximum absolute atomic E-state index is 14.3. The standard InChI is InChI=1S/C18H15FIN3O2/c19-13-9-11(20)3-4-14(13)22-16-12-10-21-6-5-15(12)25-17(16)18(24)23-7-1-2-8-23/h3-6,9-10,22H,1-2,7-8H2. The summed E-state index contributed by atoms with van der Waals surface area (Å²) in [7, 11) is 0. The third kappa shape index (κ3) is 3.08. The normalized spacial score (nSPS) is 14.2. The van der Waals surface area contributed by atoms with Crippen molar-refractivity contribution in [2.24, 2.45) is 0 Å². The number of likely N-dealkylation sites (tertiary alicyclic amines) is 1. The minimum Gasteiger partial charge on any atom is -0.448 e. The van der Waals surface area contributed by atoms with Gasteiger partial charge in [-0.2, -0.15) is 0 Å². The third-order valence-electron chi connectivity index (χ3n) is 4.27. The van der Waals surface area contributed by atoms with Gasteiger partial charge in [0.25, 0.3) is 5.91 Å². The fraction of sp³-hybridized carbons (Fsp3) is 0.222. The van der Waals surface area contributed by atoms with Crippen molar-refractivity contribution in [1.29, 1.82) is 0 Å². The number of anilines is 2. The van der Waals surface area contributed by atoms with Gasteiger partial charge in [0.2, 0.25) is 5.76 Å². The Bertz CT molecular complexity index is 951. The number of hydrogen-bond acceptors (Lipinski definition) is 4. The lowest BCUT2D eigenvalue weighted by Gasteiger charge is -2.15. The number of benzene rings is 1. The molecular formula is C18H15FIN3O2. The van der Waals surface area contributed by atoms with E-state index >= 15 is 0 Å². The van der Waals surface area contributed by atoms with Crippen molar-refractivity contribution in [2.45, 2.75) is 12.8 Å². The average molecular weight is 451 g/mol. The quantitative estimate of drug-likeness (QED) is 0.594. The minimum absolute atomic E-state index is 0.179. The van der Waals surface area contributed by atoms with Crippen LogP contribution in [0.1, 0.15) is 23.4 Å². The van der Waals surface area contributed by atoms with Crippen LogP contribution in [0.3, 0.4) is 0 Å². The molecule has 3 heterocycles. The van der Waals surface area contributed by atoms with Crippen LogP contribution in [0.2, 0.25) is 0 Å². The molecule has 0 unspecified atom stereocenters. The number of nitrogens with one attached hydrogen (secondary N) is 1. The summed E-state index contributed by atoms with van der Waals surface area (Å²) in [4.78, 5) is 18.7. The fourth-order valence-corrected chi connectivity index (χ4v) is 3.46. The molecule has 25 heavy (non-hydrogen) atoms. The number of amides is 1. The number of halogens is 2. The van der Waals surface area contributed by atoms with Crippen LogP contribution in [0.15, 0.2) is 41.1 Å². The summed E-state index contributed by atoms with van der Waals surface area (Å²) in [5.41, 5.74) is 1.30. The highest BCUT2D eigenvalue weighted by molar-refractivity contribution is 14.1. The smallest absolute Gasteiger partial charge is 0.291 e. The second-order valence-electron chi connectivity index (χ2n) is 5.93. The molecule has 5 nitrogen and oxygen atoms in total. The maximum Gasteiger partial charge on any atom is 0.291 e. The summed E-state index contributed by atoms with van der Waals surface area (Å²) in [6.45, 7) is 1.43. The Kier molecular flexibility index (Phi) is 4.32. The van der Waals surface area contributed by atoms with Crippen LogP contribution in [0, 0.1) is 9.39 Å². The molecule has 2 aromatic heterocycles. The number of rotatable bonds is 3. The summed E-state index contributed by atoms with van der Waals surface area (Å²) >= 11 is 2.05. The van der Waals surface area contributed by atoms with Crippen LogP contribution < -0.4 is 5.32 Å². The van der Waals surface area contributed by atoms with Crippen LogP contribution in [-0.2, 0) is 0 Å². The van der Waals surface area contributed by atoms with E-state index in [0.29, 0.717) is 35.4 Å². The van der Waals surface area contributed by atoms with Crippen LogP contribution >= 0.6 is 22.6 Å². The van der Waals surface area contributed by atoms with Crippen molar-refractivity contribution >= 4 is 50.8 Å². The van der Waals surface area contributed by atoms with Crippen molar-refractivity contribution < 1.29 is 13.6 Å². The van der Waals surface area contributed by atoms with E-state index in [4.69, 9.17) is 4.42 Å².